The lowest BCUT2D eigenvalue weighted by atomic mass is 9.76. The molecule has 24 heavy (non-hydrogen) atoms. The molecule has 5 nitrogen and oxygen atoms in total. The highest BCUT2D eigenvalue weighted by atomic mass is 16.5. The highest BCUT2D eigenvalue weighted by Gasteiger charge is 2.48. The molecule has 2 atom stereocenters. The average Bonchev–Trinajstić information content (AvgIpc) is 3.02. The molecule has 0 bridgehead atoms. The standard InChI is InChI=1S/C19H27NO4/c1-14(2)19(18(22)23)10-11-20(13-19)17(21)15(3)9-12-24-16-7-5-4-6-8-16/h4-8,14-15H,9-13H2,1-3H3,(H,22,23). The number of nitrogens with zero attached hydrogens (tertiary/aromatic N) is 1. The summed E-state index contributed by atoms with van der Waals surface area (Å²) in [6.45, 7) is 7.01. The van der Waals surface area contributed by atoms with Crippen molar-refractivity contribution in [2.24, 2.45) is 17.3 Å². The van der Waals surface area contributed by atoms with Crippen LogP contribution in [0.15, 0.2) is 30.3 Å². The lowest BCUT2D eigenvalue weighted by Crippen LogP contribution is -2.42. The number of carbonyl (C=O) groups excluding carboxylic acids is 1. The SMILES string of the molecule is CC(CCOc1ccccc1)C(=O)N1CCC(C(=O)O)(C(C)C)C1. The quantitative estimate of drug-likeness (QED) is 0.833. The van der Waals surface area contributed by atoms with Gasteiger partial charge in [-0.1, -0.05) is 39.0 Å². The molecule has 2 unspecified atom stereocenters. The molecule has 0 aliphatic carbocycles. The first-order valence-corrected chi connectivity index (χ1v) is 8.57. The molecular weight excluding hydrogens is 306 g/mol. The summed E-state index contributed by atoms with van der Waals surface area (Å²) in [4.78, 5) is 26.0. The second-order valence-electron chi connectivity index (χ2n) is 6.98. The van der Waals surface area contributed by atoms with Crippen molar-refractivity contribution in [3.63, 3.8) is 0 Å². The van der Waals surface area contributed by atoms with Gasteiger partial charge in [0.2, 0.25) is 5.91 Å². The Balaban J connectivity index is 1.86. The number of carbonyl (C=O) groups is 2. The van der Waals surface area contributed by atoms with E-state index in [2.05, 4.69) is 0 Å². The Kier molecular flexibility index (Phi) is 5.86. The Labute approximate surface area is 143 Å². The first kappa shape index (κ1) is 18.3. The number of para-hydroxylation sites is 1. The van der Waals surface area contributed by atoms with Gasteiger partial charge in [-0.05, 0) is 30.9 Å². The number of carboxylic acids is 1. The molecule has 5 heteroatoms. The second-order valence-corrected chi connectivity index (χ2v) is 6.98. The number of hydrogen-bond acceptors (Lipinski definition) is 3. The first-order valence-electron chi connectivity index (χ1n) is 8.57. The number of ether oxygens (including phenoxy) is 1. The van der Waals surface area contributed by atoms with Gasteiger partial charge in [0.15, 0.2) is 0 Å². The van der Waals surface area contributed by atoms with Gasteiger partial charge in [-0.3, -0.25) is 9.59 Å². The van der Waals surface area contributed by atoms with E-state index in [1.165, 1.54) is 0 Å². The molecular formula is C19H27NO4. The molecule has 0 radical (unpaired) electrons. The van der Waals surface area contributed by atoms with Gasteiger partial charge >= 0.3 is 5.97 Å². The van der Waals surface area contributed by atoms with Crippen LogP contribution in [0.25, 0.3) is 0 Å². The molecule has 1 fully saturated rings. The molecule has 1 saturated heterocycles. The van der Waals surface area contributed by atoms with Crippen molar-refractivity contribution in [2.75, 3.05) is 19.7 Å². The maximum absolute atomic E-state index is 12.6. The van der Waals surface area contributed by atoms with Crippen LogP contribution in [-0.2, 0) is 9.59 Å². The second kappa shape index (κ2) is 7.69. The highest BCUT2D eigenvalue weighted by Crippen LogP contribution is 2.38. The average molecular weight is 333 g/mol. The Morgan fingerprint density at radius 1 is 1.25 bits per heavy atom. The summed E-state index contributed by atoms with van der Waals surface area (Å²) in [5.74, 6) is -0.152. The minimum absolute atomic E-state index is 0.00419. The smallest absolute Gasteiger partial charge is 0.311 e. The minimum Gasteiger partial charge on any atom is -0.494 e. The number of amides is 1. The predicted molar refractivity (Wildman–Crippen MR) is 91.8 cm³/mol. The number of carboxylic acid groups (broad SMARTS) is 1. The number of likely N-dealkylation sites (tertiary alicyclic amines) is 1. The zero-order valence-electron chi connectivity index (χ0n) is 14.7. The normalized spacial score (nSPS) is 21.8. The molecule has 0 saturated carbocycles. The number of rotatable bonds is 7. The molecule has 132 valence electrons. The third-order valence-corrected chi connectivity index (χ3v) is 5.13. The summed E-state index contributed by atoms with van der Waals surface area (Å²) in [5, 5.41) is 9.58. The van der Waals surface area contributed by atoms with Crippen molar-refractivity contribution >= 4 is 11.9 Å². The van der Waals surface area contributed by atoms with Crippen molar-refractivity contribution in [3.8, 4) is 5.75 Å². The van der Waals surface area contributed by atoms with E-state index in [0.29, 0.717) is 32.5 Å². The third kappa shape index (κ3) is 3.89. The summed E-state index contributed by atoms with van der Waals surface area (Å²) < 4.78 is 5.64. The van der Waals surface area contributed by atoms with Crippen LogP contribution in [0.5, 0.6) is 5.75 Å². The topological polar surface area (TPSA) is 66.8 Å². The van der Waals surface area contributed by atoms with Crippen molar-refractivity contribution in [1.29, 1.82) is 0 Å². The van der Waals surface area contributed by atoms with E-state index >= 15 is 0 Å². The van der Waals surface area contributed by atoms with E-state index in [1.807, 2.05) is 51.1 Å². The summed E-state index contributed by atoms with van der Waals surface area (Å²) in [6.07, 6.45) is 1.14. The van der Waals surface area contributed by atoms with E-state index in [-0.39, 0.29) is 17.7 Å². The highest BCUT2D eigenvalue weighted by molar-refractivity contribution is 5.82. The Bertz CT molecular complexity index is 572. The number of aliphatic carboxylic acids is 1. The predicted octanol–water partition coefficient (Wildman–Crippen LogP) is 3.05. The van der Waals surface area contributed by atoms with E-state index in [0.717, 1.165) is 5.75 Å². The lowest BCUT2D eigenvalue weighted by molar-refractivity contribution is -0.151. The maximum Gasteiger partial charge on any atom is 0.311 e. The number of benzene rings is 1. The monoisotopic (exact) mass is 333 g/mol. The van der Waals surface area contributed by atoms with E-state index < -0.39 is 11.4 Å². The molecule has 1 aliphatic heterocycles. The largest absolute Gasteiger partial charge is 0.494 e. The molecule has 0 aromatic heterocycles. The molecule has 0 spiro atoms. The minimum atomic E-state index is -0.810. The van der Waals surface area contributed by atoms with Crippen LogP contribution < -0.4 is 4.74 Å². The molecule has 1 aromatic rings. The van der Waals surface area contributed by atoms with Gasteiger partial charge in [0.25, 0.3) is 0 Å². The third-order valence-electron chi connectivity index (χ3n) is 5.13. The summed E-state index contributed by atoms with van der Waals surface area (Å²) in [6, 6.07) is 9.51. The van der Waals surface area contributed by atoms with Gasteiger partial charge in [0.1, 0.15) is 5.75 Å². The van der Waals surface area contributed by atoms with E-state index in [1.54, 1.807) is 4.90 Å². The zero-order valence-corrected chi connectivity index (χ0v) is 14.7. The van der Waals surface area contributed by atoms with Gasteiger partial charge in [0.05, 0.1) is 12.0 Å². The van der Waals surface area contributed by atoms with Crippen LogP contribution in [0, 0.1) is 17.3 Å². The molecule has 1 amide bonds. The molecule has 1 aliphatic rings. The van der Waals surface area contributed by atoms with Crippen LogP contribution in [-0.4, -0.2) is 41.6 Å². The van der Waals surface area contributed by atoms with Crippen LogP contribution >= 0.6 is 0 Å². The van der Waals surface area contributed by atoms with Crippen LogP contribution in [0.4, 0.5) is 0 Å². The van der Waals surface area contributed by atoms with Crippen LogP contribution in [0.3, 0.4) is 0 Å². The fourth-order valence-electron chi connectivity index (χ4n) is 3.22. The Hall–Kier alpha value is -2.04. The summed E-state index contributed by atoms with van der Waals surface area (Å²) >= 11 is 0. The van der Waals surface area contributed by atoms with Gasteiger partial charge in [-0.15, -0.1) is 0 Å². The van der Waals surface area contributed by atoms with Gasteiger partial charge in [-0.25, -0.2) is 0 Å². The zero-order chi connectivity index (χ0) is 17.7. The molecule has 1 N–H and O–H groups in total. The van der Waals surface area contributed by atoms with Crippen LogP contribution in [0.2, 0.25) is 0 Å². The Morgan fingerprint density at radius 3 is 2.46 bits per heavy atom. The molecule has 1 aromatic carbocycles. The maximum atomic E-state index is 12.6. The summed E-state index contributed by atoms with van der Waals surface area (Å²) in [7, 11) is 0. The van der Waals surface area contributed by atoms with Crippen LogP contribution in [0.1, 0.15) is 33.6 Å². The summed E-state index contributed by atoms with van der Waals surface area (Å²) in [5.41, 5.74) is -0.810. The van der Waals surface area contributed by atoms with Crippen molar-refractivity contribution in [2.45, 2.75) is 33.6 Å². The van der Waals surface area contributed by atoms with Crippen molar-refractivity contribution in [1.82, 2.24) is 4.90 Å². The van der Waals surface area contributed by atoms with E-state index in [9.17, 15) is 14.7 Å². The fourth-order valence-corrected chi connectivity index (χ4v) is 3.22. The molecule has 1 heterocycles. The van der Waals surface area contributed by atoms with Gasteiger partial charge < -0.3 is 14.7 Å². The fraction of sp³-hybridized carbons (Fsp3) is 0.579. The molecule has 2 rings (SSSR count). The Morgan fingerprint density at radius 2 is 1.92 bits per heavy atom. The van der Waals surface area contributed by atoms with Gasteiger partial charge in [-0.2, -0.15) is 0 Å². The lowest BCUT2D eigenvalue weighted by Gasteiger charge is -2.29. The number of hydrogen-bond donors (Lipinski definition) is 1. The van der Waals surface area contributed by atoms with Crippen molar-refractivity contribution in [3.05, 3.63) is 30.3 Å². The van der Waals surface area contributed by atoms with Gasteiger partial charge in [0, 0.05) is 19.0 Å². The van der Waals surface area contributed by atoms with Crippen molar-refractivity contribution < 1.29 is 19.4 Å². The first-order chi connectivity index (χ1) is 11.4. The van der Waals surface area contributed by atoms with E-state index in [4.69, 9.17) is 4.74 Å².